The van der Waals surface area contributed by atoms with E-state index in [4.69, 9.17) is 5.39 Å². The molecule has 0 heterocycles. The van der Waals surface area contributed by atoms with Crippen LogP contribution in [0.3, 0.4) is 0 Å². The molecule has 0 aromatic heterocycles. The number of hydrogen-bond acceptors (Lipinski definition) is 10. The van der Waals surface area contributed by atoms with E-state index in [0.29, 0.717) is 0 Å². The molecule has 1 rings (SSSR count). The van der Waals surface area contributed by atoms with E-state index in [2.05, 4.69) is 12.3 Å². The predicted molar refractivity (Wildman–Crippen MR) is 72.9 cm³/mol. The summed E-state index contributed by atoms with van der Waals surface area (Å²) < 4.78 is 76.1. The Morgan fingerprint density at radius 2 is 1.68 bits per heavy atom. The van der Waals surface area contributed by atoms with Crippen molar-refractivity contribution in [2.24, 2.45) is 0 Å². The Morgan fingerprint density at radius 1 is 1.09 bits per heavy atom. The highest BCUT2D eigenvalue weighted by atomic mass is 32.3. The smallest absolute Gasteiger partial charge is 0.198 e. The number of nitrogens with one attached hydrogen (secondary N) is 1. The summed E-state index contributed by atoms with van der Waals surface area (Å²) in [5.74, 6) is -0.711. The molecule has 1 aromatic carbocycles. The maximum absolute atomic E-state index is 11.9. The van der Waals surface area contributed by atoms with E-state index in [9.17, 15) is 25.3 Å². The van der Waals surface area contributed by atoms with Gasteiger partial charge in [0.25, 0.3) is 15.5 Å². The molecule has 0 atom stereocenters. The lowest BCUT2D eigenvalue weighted by molar-refractivity contribution is 0.386. The monoisotopic (exact) mass is 372 g/mol. The highest BCUT2D eigenvalue weighted by Crippen LogP contribution is 2.24. The first-order valence-corrected chi connectivity index (χ1v) is 9.69. The Hall–Kier alpha value is -1.79. The Bertz CT molecular complexity index is 898. The standard InChI is InChI=1S/C8H10N3O8S3/c1-2-20(12,13)18-22(16,17)19-21(14,15)8-6-4-3-5-7(8)10-11-9/h3-6,10H,2H2,1H3/q+1. The van der Waals surface area contributed by atoms with E-state index < -0.39 is 41.3 Å². The van der Waals surface area contributed by atoms with Crippen molar-refractivity contribution in [3.05, 3.63) is 29.4 Å². The minimum Gasteiger partial charge on any atom is -0.198 e. The molecular formula is C8H10N3O8S3+. The number of para-hydroxylation sites is 1. The molecule has 0 bridgehead atoms. The van der Waals surface area contributed by atoms with Crippen LogP contribution in [0, 0.1) is 5.39 Å². The van der Waals surface area contributed by atoms with Gasteiger partial charge in [0.2, 0.25) is 0 Å². The van der Waals surface area contributed by atoms with Crippen LogP contribution in [0.15, 0.2) is 29.2 Å². The van der Waals surface area contributed by atoms with Gasteiger partial charge in [0.05, 0.1) is 5.75 Å². The number of hydrogen-bond donors (Lipinski definition) is 1. The molecule has 0 aliphatic carbocycles. The van der Waals surface area contributed by atoms with Crippen molar-refractivity contribution >= 4 is 36.3 Å². The van der Waals surface area contributed by atoms with Gasteiger partial charge in [0.15, 0.2) is 0 Å². The molecule has 122 valence electrons. The predicted octanol–water partition coefficient (Wildman–Crippen LogP) is 0.183. The van der Waals surface area contributed by atoms with E-state index in [1.807, 2.05) is 5.43 Å². The lowest BCUT2D eigenvalue weighted by atomic mass is 10.3. The zero-order valence-corrected chi connectivity index (χ0v) is 13.4. The molecule has 0 aliphatic rings. The molecule has 0 amide bonds. The molecule has 0 spiro atoms. The minimum atomic E-state index is -5.39. The fourth-order valence-electron chi connectivity index (χ4n) is 1.16. The lowest BCUT2D eigenvalue weighted by Gasteiger charge is -2.07. The van der Waals surface area contributed by atoms with Crippen LogP contribution in [-0.4, -0.2) is 31.0 Å². The molecule has 11 nitrogen and oxygen atoms in total. The van der Waals surface area contributed by atoms with Crippen LogP contribution in [0.2, 0.25) is 0 Å². The van der Waals surface area contributed by atoms with Gasteiger partial charge in [-0.2, -0.15) is 25.3 Å². The molecule has 1 N–H and O–H groups in total. The SMILES string of the molecule is CCS(=O)(=O)OS(=O)(=O)OS(=O)(=O)c1ccccc1N[N+]#N. The van der Waals surface area contributed by atoms with Crippen LogP contribution >= 0.6 is 0 Å². The highest BCUT2D eigenvalue weighted by Gasteiger charge is 2.32. The number of nitrogens with zero attached hydrogens (tertiary/aromatic N) is 2. The van der Waals surface area contributed by atoms with Crippen LogP contribution in [0.25, 0.3) is 5.08 Å². The van der Waals surface area contributed by atoms with Crippen LogP contribution in [0.5, 0.6) is 0 Å². The molecule has 1 aromatic rings. The summed E-state index contributed by atoms with van der Waals surface area (Å²) in [6.07, 6.45) is 0. The topological polar surface area (TPSA) is 161 Å². The van der Waals surface area contributed by atoms with Gasteiger partial charge >= 0.3 is 25.6 Å². The second-order valence-electron chi connectivity index (χ2n) is 3.55. The number of rotatable bonds is 7. The Kier molecular flexibility index (Phi) is 5.43. The van der Waals surface area contributed by atoms with Gasteiger partial charge in [-0.25, -0.2) is 0 Å². The number of benzene rings is 1. The van der Waals surface area contributed by atoms with Crippen molar-refractivity contribution in [2.75, 3.05) is 11.2 Å². The van der Waals surface area contributed by atoms with E-state index in [1.54, 1.807) is 0 Å². The minimum absolute atomic E-state index is 0.307. The third-order valence-corrected chi connectivity index (χ3v) is 6.52. The summed E-state index contributed by atoms with van der Waals surface area (Å²) in [6, 6.07) is 4.67. The molecule has 0 saturated carbocycles. The van der Waals surface area contributed by atoms with Crippen LogP contribution in [-0.2, 0) is 37.9 Å². The number of anilines is 1. The normalized spacial score (nSPS) is 12.5. The second-order valence-corrected chi connectivity index (χ2v) is 8.50. The first kappa shape index (κ1) is 18.3. The van der Waals surface area contributed by atoms with Crippen LogP contribution < -0.4 is 5.43 Å². The van der Waals surface area contributed by atoms with Crippen LogP contribution in [0.1, 0.15) is 6.92 Å². The molecule has 0 unspecified atom stereocenters. The van der Waals surface area contributed by atoms with Crippen molar-refractivity contribution < 1.29 is 32.5 Å². The summed E-state index contributed by atoms with van der Waals surface area (Å²) in [6.45, 7) is 1.08. The average Bonchev–Trinajstić information content (AvgIpc) is 2.37. The lowest BCUT2D eigenvalue weighted by Crippen LogP contribution is -2.21. The van der Waals surface area contributed by atoms with Gasteiger partial charge < -0.3 is 0 Å². The molecule has 0 radical (unpaired) electrons. The first-order chi connectivity index (χ1) is 10.0. The van der Waals surface area contributed by atoms with Gasteiger partial charge in [-0.05, 0) is 24.5 Å². The molecule has 0 aliphatic heterocycles. The summed E-state index contributed by atoms with van der Waals surface area (Å²) in [7, 11) is -14.9. The van der Waals surface area contributed by atoms with E-state index >= 15 is 0 Å². The van der Waals surface area contributed by atoms with E-state index in [1.165, 1.54) is 12.1 Å². The third kappa shape index (κ3) is 4.89. The fourth-order valence-corrected chi connectivity index (χ4v) is 4.66. The van der Waals surface area contributed by atoms with Crippen molar-refractivity contribution in [1.82, 2.24) is 0 Å². The van der Waals surface area contributed by atoms with E-state index in [0.717, 1.165) is 19.1 Å². The van der Waals surface area contributed by atoms with Gasteiger partial charge in [0.1, 0.15) is 10.6 Å². The Morgan fingerprint density at radius 3 is 2.23 bits per heavy atom. The summed E-state index contributed by atoms with van der Waals surface area (Å²) in [4.78, 5) is -0.714. The highest BCUT2D eigenvalue weighted by molar-refractivity contribution is 8.03. The molecule has 22 heavy (non-hydrogen) atoms. The zero-order valence-electron chi connectivity index (χ0n) is 10.9. The summed E-state index contributed by atoms with van der Waals surface area (Å²) >= 11 is 0. The third-order valence-electron chi connectivity index (χ3n) is 2.04. The zero-order chi connectivity index (χ0) is 17.0. The molecular weight excluding hydrogens is 362 g/mol. The maximum atomic E-state index is 11.9. The van der Waals surface area contributed by atoms with Crippen LogP contribution in [0.4, 0.5) is 5.69 Å². The van der Waals surface area contributed by atoms with Gasteiger partial charge in [-0.3, -0.25) is 0 Å². The van der Waals surface area contributed by atoms with Gasteiger partial charge in [-0.1, -0.05) is 12.1 Å². The Labute approximate surface area is 127 Å². The maximum Gasteiger partial charge on any atom is 0.429 e. The van der Waals surface area contributed by atoms with Crippen molar-refractivity contribution in [3.8, 4) is 0 Å². The quantitative estimate of drug-likeness (QED) is 0.516. The van der Waals surface area contributed by atoms with Crippen molar-refractivity contribution in [2.45, 2.75) is 11.8 Å². The number of diazo groups is 1. The molecule has 0 saturated heterocycles. The van der Waals surface area contributed by atoms with Crippen molar-refractivity contribution in [1.29, 1.82) is 5.39 Å². The van der Waals surface area contributed by atoms with E-state index in [-0.39, 0.29) is 5.69 Å². The second kappa shape index (κ2) is 6.54. The van der Waals surface area contributed by atoms with Crippen molar-refractivity contribution in [3.63, 3.8) is 0 Å². The molecule has 0 fully saturated rings. The Balaban J connectivity index is 3.20. The average molecular weight is 372 g/mol. The fraction of sp³-hybridized carbons (Fsp3) is 0.250. The largest absolute Gasteiger partial charge is 0.429 e. The first-order valence-electron chi connectivity index (χ1n) is 5.37. The van der Waals surface area contributed by atoms with Gasteiger partial charge in [0, 0.05) is 0 Å². The van der Waals surface area contributed by atoms with Gasteiger partial charge in [-0.15, -0.1) is 7.26 Å². The summed E-state index contributed by atoms with van der Waals surface area (Å²) in [5.41, 5.74) is 1.59. The molecule has 14 heteroatoms. The summed E-state index contributed by atoms with van der Waals surface area (Å²) in [5, 5.41) is 10.9.